The molecule has 1 fully saturated rings. The van der Waals surface area contributed by atoms with E-state index in [-0.39, 0.29) is 5.91 Å². The minimum atomic E-state index is 0.179. The number of nitrogens with zero attached hydrogens (tertiary/aromatic N) is 3. The molecule has 0 bridgehead atoms. The first-order valence-electron chi connectivity index (χ1n) is 5.33. The maximum Gasteiger partial charge on any atom is 0.242 e. The maximum atomic E-state index is 11.8. The minimum absolute atomic E-state index is 0.179. The molecule has 15 heavy (non-hydrogen) atoms. The Morgan fingerprint density at radius 3 is 2.73 bits per heavy atom. The lowest BCUT2D eigenvalue weighted by molar-refractivity contribution is -0.131. The van der Waals surface area contributed by atoms with Crippen molar-refractivity contribution in [3.05, 3.63) is 17.7 Å². The zero-order chi connectivity index (χ0) is 11.0. The molecule has 1 aromatic rings. The predicted octanol–water partition coefficient (Wildman–Crippen LogP) is 1.12. The number of likely N-dealkylation sites (N-methyl/N-ethyl adjacent to an activating group) is 1. The standard InChI is InChI=1S/C11H17N3O/c1-8-9(2)14(7-12-8)6-11(15)13(3)10-4-5-10/h7,10H,4-6H2,1-3H3. The van der Waals surface area contributed by atoms with Crippen molar-refractivity contribution >= 4 is 5.91 Å². The minimum Gasteiger partial charge on any atom is -0.341 e. The Kier molecular flexibility index (Phi) is 2.50. The number of aryl methyl sites for hydroxylation is 1. The van der Waals surface area contributed by atoms with Gasteiger partial charge in [-0.15, -0.1) is 0 Å². The third kappa shape index (κ3) is 2.03. The fourth-order valence-corrected chi connectivity index (χ4v) is 1.63. The summed E-state index contributed by atoms with van der Waals surface area (Å²) in [5.74, 6) is 0.179. The molecular weight excluding hydrogens is 190 g/mol. The summed E-state index contributed by atoms with van der Waals surface area (Å²) in [6.07, 6.45) is 4.05. The highest BCUT2D eigenvalue weighted by Gasteiger charge is 2.29. The van der Waals surface area contributed by atoms with E-state index in [4.69, 9.17) is 0 Å². The molecule has 0 aliphatic heterocycles. The molecule has 82 valence electrons. The Balaban J connectivity index is 2.01. The summed E-state index contributed by atoms with van der Waals surface area (Å²) in [4.78, 5) is 17.9. The number of carbonyl (C=O) groups excluding carboxylic acids is 1. The first-order valence-corrected chi connectivity index (χ1v) is 5.33. The van der Waals surface area contributed by atoms with Crippen LogP contribution in [0, 0.1) is 13.8 Å². The molecule has 2 rings (SSSR count). The highest BCUT2D eigenvalue weighted by atomic mass is 16.2. The average Bonchev–Trinajstić information content (AvgIpc) is 3.00. The van der Waals surface area contributed by atoms with Crippen LogP contribution in [0.4, 0.5) is 0 Å². The van der Waals surface area contributed by atoms with Gasteiger partial charge in [0.1, 0.15) is 6.54 Å². The van der Waals surface area contributed by atoms with E-state index < -0.39 is 0 Å². The SMILES string of the molecule is Cc1ncn(CC(=O)N(C)C2CC2)c1C. The molecule has 0 N–H and O–H groups in total. The van der Waals surface area contributed by atoms with E-state index in [0.29, 0.717) is 12.6 Å². The molecule has 1 aliphatic carbocycles. The molecule has 0 saturated heterocycles. The smallest absolute Gasteiger partial charge is 0.242 e. The molecule has 0 atom stereocenters. The van der Waals surface area contributed by atoms with Crippen molar-refractivity contribution in [2.45, 2.75) is 39.3 Å². The van der Waals surface area contributed by atoms with Gasteiger partial charge in [0.25, 0.3) is 0 Å². The monoisotopic (exact) mass is 207 g/mol. The first-order chi connectivity index (χ1) is 7.09. The summed E-state index contributed by atoms with van der Waals surface area (Å²) >= 11 is 0. The van der Waals surface area contributed by atoms with Crippen LogP contribution in [0.5, 0.6) is 0 Å². The van der Waals surface area contributed by atoms with Gasteiger partial charge in [0, 0.05) is 18.8 Å². The highest BCUT2D eigenvalue weighted by Crippen LogP contribution is 2.25. The molecule has 0 radical (unpaired) electrons. The molecule has 0 spiro atoms. The Hall–Kier alpha value is -1.32. The van der Waals surface area contributed by atoms with Crippen LogP contribution < -0.4 is 0 Å². The first kappa shape index (κ1) is 10.2. The molecule has 4 heteroatoms. The number of hydrogen-bond donors (Lipinski definition) is 0. The normalized spacial score (nSPS) is 15.4. The van der Waals surface area contributed by atoms with Gasteiger partial charge in [-0.1, -0.05) is 0 Å². The Labute approximate surface area is 89.9 Å². The Morgan fingerprint density at radius 2 is 2.27 bits per heavy atom. The number of imidazole rings is 1. The van der Waals surface area contributed by atoms with Crippen LogP contribution in [-0.4, -0.2) is 33.4 Å². The van der Waals surface area contributed by atoms with Gasteiger partial charge >= 0.3 is 0 Å². The quantitative estimate of drug-likeness (QED) is 0.745. The number of hydrogen-bond acceptors (Lipinski definition) is 2. The van der Waals surface area contributed by atoms with E-state index in [1.54, 1.807) is 6.33 Å². The van der Waals surface area contributed by atoms with Gasteiger partial charge in [-0.25, -0.2) is 4.98 Å². The summed E-state index contributed by atoms with van der Waals surface area (Å²) < 4.78 is 1.91. The van der Waals surface area contributed by atoms with E-state index in [1.165, 1.54) is 0 Å². The van der Waals surface area contributed by atoms with Gasteiger partial charge in [-0.05, 0) is 26.7 Å². The van der Waals surface area contributed by atoms with Crippen molar-refractivity contribution in [2.24, 2.45) is 0 Å². The van der Waals surface area contributed by atoms with Crippen molar-refractivity contribution in [3.63, 3.8) is 0 Å². The second kappa shape index (κ2) is 3.68. The molecule has 0 unspecified atom stereocenters. The Morgan fingerprint density at radius 1 is 1.60 bits per heavy atom. The van der Waals surface area contributed by atoms with Gasteiger partial charge in [0.15, 0.2) is 0 Å². The van der Waals surface area contributed by atoms with Gasteiger partial charge in [-0.3, -0.25) is 4.79 Å². The molecule has 1 aromatic heterocycles. The summed E-state index contributed by atoms with van der Waals surface area (Å²) in [6, 6.07) is 0.488. The Bertz CT molecular complexity index is 379. The molecular formula is C11H17N3O. The zero-order valence-corrected chi connectivity index (χ0v) is 9.53. The maximum absolute atomic E-state index is 11.8. The lowest BCUT2D eigenvalue weighted by atomic mass is 10.3. The van der Waals surface area contributed by atoms with E-state index in [0.717, 1.165) is 24.2 Å². The molecule has 1 aliphatic rings. The zero-order valence-electron chi connectivity index (χ0n) is 9.53. The van der Waals surface area contributed by atoms with E-state index in [9.17, 15) is 4.79 Å². The van der Waals surface area contributed by atoms with Crippen molar-refractivity contribution in [2.75, 3.05) is 7.05 Å². The fourth-order valence-electron chi connectivity index (χ4n) is 1.63. The van der Waals surface area contributed by atoms with Crippen LogP contribution in [-0.2, 0) is 11.3 Å². The van der Waals surface area contributed by atoms with Crippen molar-refractivity contribution < 1.29 is 4.79 Å². The third-order valence-corrected chi connectivity index (χ3v) is 3.14. The van der Waals surface area contributed by atoms with Gasteiger partial charge in [0.05, 0.1) is 12.0 Å². The van der Waals surface area contributed by atoms with Crippen LogP contribution in [0.15, 0.2) is 6.33 Å². The number of rotatable bonds is 3. The van der Waals surface area contributed by atoms with Crippen LogP contribution in [0.3, 0.4) is 0 Å². The van der Waals surface area contributed by atoms with E-state index in [2.05, 4.69) is 4.98 Å². The average molecular weight is 207 g/mol. The van der Waals surface area contributed by atoms with Crippen molar-refractivity contribution in [1.29, 1.82) is 0 Å². The van der Waals surface area contributed by atoms with Crippen molar-refractivity contribution in [1.82, 2.24) is 14.5 Å². The molecule has 4 nitrogen and oxygen atoms in total. The van der Waals surface area contributed by atoms with E-state index in [1.807, 2.05) is 30.4 Å². The number of carbonyl (C=O) groups is 1. The van der Waals surface area contributed by atoms with Crippen LogP contribution in [0.1, 0.15) is 24.2 Å². The summed E-state index contributed by atoms with van der Waals surface area (Å²) in [6.45, 7) is 4.37. The number of amides is 1. The highest BCUT2D eigenvalue weighted by molar-refractivity contribution is 5.76. The van der Waals surface area contributed by atoms with Crippen LogP contribution >= 0.6 is 0 Å². The lowest BCUT2D eigenvalue weighted by Gasteiger charge is -2.16. The summed E-state index contributed by atoms with van der Waals surface area (Å²) in [5, 5.41) is 0. The molecule has 1 saturated carbocycles. The van der Waals surface area contributed by atoms with Crippen LogP contribution in [0.25, 0.3) is 0 Å². The molecule has 1 heterocycles. The van der Waals surface area contributed by atoms with Gasteiger partial charge in [-0.2, -0.15) is 0 Å². The fraction of sp³-hybridized carbons (Fsp3) is 0.636. The topological polar surface area (TPSA) is 38.1 Å². The molecule has 0 aromatic carbocycles. The van der Waals surface area contributed by atoms with Crippen molar-refractivity contribution in [3.8, 4) is 0 Å². The summed E-state index contributed by atoms with van der Waals surface area (Å²) in [7, 11) is 1.89. The predicted molar refractivity (Wildman–Crippen MR) is 57.5 cm³/mol. The molecule has 1 amide bonds. The van der Waals surface area contributed by atoms with Crippen LogP contribution in [0.2, 0.25) is 0 Å². The largest absolute Gasteiger partial charge is 0.341 e. The second-order valence-electron chi connectivity index (χ2n) is 4.28. The number of aromatic nitrogens is 2. The second-order valence-corrected chi connectivity index (χ2v) is 4.28. The van der Waals surface area contributed by atoms with E-state index >= 15 is 0 Å². The summed E-state index contributed by atoms with van der Waals surface area (Å²) in [5.41, 5.74) is 2.07. The lowest BCUT2D eigenvalue weighted by Crippen LogP contribution is -2.32. The van der Waals surface area contributed by atoms with Gasteiger partial charge in [0.2, 0.25) is 5.91 Å². The van der Waals surface area contributed by atoms with Gasteiger partial charge < -0.3 is 9.47 Å². The third-order valence-electron chi connectivity index (χ3n) is 3.14.